The highest BCUT2D eigenvalue weighted by Crippen LogP contribution is 2.00. The minimum absolute atomic E-state index is 0.670. The fraction of sp³-hybridized carbons (Fsp3) is 0.455. The molecule has 0 spiro atoms. The average molecular weight is 208 g/mol. The summed E-state index contributed by atoms with van der Waals surface area (Å²) in [5.74, 6) is 5.85. The van der Waals surface area contributed by atoms with Gasteiger partial charge in [0.2, 0.25) is 0 Å². The highest BCUT2D eigenvalue weighted by molar-refractivity contribution is 5.14. The molecule has 84 valence electrons. The normalized spacial score (nSPS) is 10.9. The molecule has 15 heavy (non-hydrogen) atoms. The van der Waals surface area contributed by atoms with E-state index >= 15 is 0 Å². The minimum atomic E-state index is 0.670. The topological polar surface area (TPSA) is 67.3 Å². The number of hydrogen-bond acceptors (Lipinski definition) is 4. The predicted molar refractivity (Wildman–Crippen MR) is 63.0 cm³/mol. The summed E-state index contributed by atoms with van der Waals surface area (Å²) in [6, 6.07) is 10.2. The molecule has 0 amide bonds. The van der Waals surface area contributed by atoms with Gasteiger partial charge in [0.05, 0.1) is 0 Å². The molecule has 0 saturated heterocycles. The second-order valence-electron chi connectivity index (χ2n) is 3.49. The van der Waals surface area contributed by atoms with E-state index in [1.54, 1.807) is 5.01 Å². The van der Waals surface area contributed by atoms with Crippen LogP contribution in [0.25, 0.3) is 0 Å². The van der Waals surface area contributed by atoms with Crippen LogP contribution in [0, 0.1) is 0 Å². The van der Waals surface area contributed by atoms with Crippen molar-refractivity contribution in [1.29, 1.82) is 0 Å². The van der Waals surface area contributed by atoms with Gasteiger partial charge in [0.25, 0.3) is 0 Å². The first-order valence-electron chi connectivity index (χ1n) is 5.27. The monoisotopic (exact) mass is 208 g/mol. The molecule has 0 radical (unpaired) electrons. The van der Waals surface area contributed by atoms with Crippen LogP contribution in [0.2, 0.25) is 0 Å². The summed E-state index contributed by atoms with van der Waals surface area (Å²) in [6.45, 7) is 4.00. The van der Waals surface area contributed by atoms with Crippen molar-refractivity contribution in [3.05, 3.63) is 35.9 Å². The summed E-state index contributed by atoms with van der Waals surface area (Å²) in [5.41, 5.74) is 6.60. The zero-order valence-corrected chi connectivity index (χ0v) is 9.02. The second kappa shape index (κ2) is 7.36. The Kier molecular flexibility index (Phi) is 5.96. The third-order valence-electron chi connectivity index (χ3n) is 2.13. The summed E-state index contributed by atoms with van der Waals surface area (Å²) in [5, 5.41) is 5.01. The van der Waals surface area contributed by atoms with Gasteiger partial charge in [0.1, 0.15) is 0 Å². The second-order valence-corrected chi connectivity index (χ2v) is 3.49. The molecule has 0 aliphatic carbocycles. The Morgan fingerprint density at radius 3 is 2.53 bits per heavy atom. The molecule has 4 nitrogen and oxygen atoms in total. The first kappa shape index (κ1) is 12.1. The molecule has 0 atom stereocenters. The van der Waals surface area contributed by atoms with E-state index in [9.17, 15) is 0 Å². The number of rotatable bonds is 7. The highest BCUT2D eigenvalue weighted by Gasteiger charge is 1.99. The molecule has 5 N–H and O–H groups in total. The Hall–Kier alpha value is -0.940. The van der Waals surface area contributed by atoms with Crippen molar-refractivity contribution < 1.29 is 0 Å². The van der Waals surface area contributed by atoms with Crippen molar-refractivity contribution in [2.75, 3.05) is 26.2 Å². The highest BCUT2D eigenvalue weighted by atomic mass is 15.4. The van der Waals surface area contributed by atoms with E-state index in [-0.39, 0.29) is 0 Å². The number of nitrogens with one attached hydrogen (secondary N) is 1. The molecule has 0 heterocycles. The van der Waals surface area contributed by atoms with Gasteiger partial charge in [-0.1, -0.05) is 30.3 Å². The molecular weight excluding hydrogens is 188 g/mol. The molecule has 0 saturated carbocycles. The molecule has 0 unspecified atom stereocenters. The van der Waals surface area contributed by atoms with Crippen molar-refractivity contribution in [2.45, 2.75) is 6.54 Å². The number of benzene rings is 1. The lowest BCUT2D eigenvalue weighted by Gasteiger charge is -2.16. The fourth-order valence-electron chi connectivity index (χ4n) is 1.35. The molecule has 0 aliphatic rings. The van der Waals surface area contributed by atoms with E-state index in [1.165, 1.54) is 5.56 Å². The van der Waals surface area contributed by atoms with Crippen molar-refractivity contribution in [1.82, 2.24) is 10.3 Å². The minimum Gasteiger partial charge on any atom is -0.329 e. The van der Waals surface area contributed by atoms with Gasteiger partial charge in [0, 0.05) is 32.7 Å². The lowest BCUT2D eigenvalue weighted by Crippen LogP contribution is -2.37. The zero-order chi connectivity index (χ0) is 10.9. The number of nitrogens with zero attached hydrogens (tertiary/aromatic N) is 1. The van der Waals surface area contributed by atoms with Crippen LogP contribution in [0.3, 0.4) is 0 Å². The molecule has 0 fully saturated rings. The Morgan fingerprint density at radius 1 is 1.13 bits per heavy atom. The molecule has 1 aromatic rings. The molecular formula is C11H20N4. The van der Waals surface area contributed by atoms with Gasteiger partial charge < -0.3 is 11.1 Å². The van der Waals surface area contributed by atoms with Crippen LogP contribution < -0.4 is 16.9 Å². The SMILES string of the molecule is NCCNCCN(N)Cc1ccccc1. The maximum Gasteiger partial charge on any atom is 0.0379 e. The lowest BCUT2D eigenvalue weighted by atomic mass is 10.2. The summed E-state index contributed by atoms with van der Waals surface area (Å²) < 4.78 is 0. The molecule has 0 aliphatic heterocycles. The van der Waals surface area contributed by atoms with Gasteiger partial charge in [-0.05, 0) is 5.56 Å². The van der Waals surface area contributed by atoms with E-state index in [4.69, 9.17) is 11.6 Å². The quantitative estimate of drug-likeness (QED) is 0.333. The number of hydrogen-bond donors (Lipinski definition) is 3. The zero-order valence-electron chi connectivity index (χ0n) is 9.02. The van der Waals surface area contributed by atoms with Crippen molar-refractivity contribution in [3.8, 4) is 0 Å². The van der Waals surface area contributed by atoms with Gasteiger partial charge in [-0.15, -0.1) is 0 Å². The largest absolute Gasteiger partial charge is 0.329 e. The average Bonchev–Trinajstić information content (AvgIpc) is 2.26. The maximum absolute atomic E-state index is 5.85. The van der Waals surface area contributed by atoms with Crippen LogP contribution in [-0.4, -0.2) is 31.2 Å². The van der Waals surface area contributed by atoms with Crippen LogP contribution in [0.5, 0.6) is 0 Å². The van der Waals surface area contributed by atoms with Crippen molar-refractivity contribution in [3.63, 3.8) is 0 Å². The first-order chi connectivity index (χ1) is 7.33. The fourth-order valence-corrected chi connectivity index (χ4v) is 1.35. The van der Waals surface area contributed by atoms with Crippen LogP contribution in [0.1, 0.15) is 5.56 Å². The van der Waals surface area contributed by atoms with Crippen LogP contribution >= 0.6 is 0 Å². The van der Waals surface area contributed by atoms with Gasteiger partial charge in [-0.2, -0.15) is 0 Å². The molecule has 0 bridgehead atoms. The smallest absolute Gasteiger partial charge is 0.0379 e. The first-order valence-corrected chi connectivity index (χ1v) is 5.27. The van der Waals surface area contributed by atoms with E-state index in [0.717, 1.165) is 26.2 Å². The van der Waals surface area contributed by atoms with Gasteiger partial charge in [-0.3, -0.25) is 5.84 Å². The van der Waals surface area contributed by atoms with Gasteiger partial charge in [-0.25, -0.2) is 5.01 Å². The van der Waals surface area contributed by atoms with Gasteiger partial charge in [0.15, 0.2) is 0 Å². The van der Waals surface area contributed by atoms with Crippen molar-refractivity contribution >= 4 is 0 Å². The number of hydrazine groups is 1. The summed E-state index contributed by atoms with van der Waals surface area (Å²) in [7, 11) is 0. The Balaban J connectivity index is 2.16. The van der Waals surface area contributed by atoms with Crippen LogP contribution in [0.4, 0.5) is 0 Å². The Bertz CT molecular complexity index is 250. The standard InChI is InChI=1S/C11H20N4/c12-6-7-14-8-9-15(13)10-11-4-2-1-3-5-11/h1-5,14H,6-10,12-13H2. The third-order valence-corrected chi connectivity index (χ3v) is 2.13. The Labute approximate surface area is 91.2 Å². The van der Waals surface area contributed by atoms with Gasteiger partial charge >= 0.3 is 0 Å². The van der Waals surface area contributed by atoms with Crippen LogP contribution in [-0.2, 0) is 6.54 Å². The van der Waals surface area contributed by atoms with E-state index in [0.29, 0.717) is 6.54 Å². The third kappa shape index (κ3) is 5.49. The summed E-state index contributed by atoms with van der Waals surface area (Å²) in [6.07, 6.45) is 0. The van der Waals surface area contributed by atoms with Crippen LogP contribution in [0.15, 0.2) is 30.3 Å². The van der Waals surface area contributed by atoms with E-state index in [2.05, 4.69) is 17.4 Å². The lowest BCUT2D eigenvalue weighted by molar-refractivity contribution is 0.274. The molecule has 1 aromatic carbocycles. The molecule has 1 rings (SSSR count). The Morgan fingerprint density at radius 2 is 1.87 bits per heavy atom. The van der Waals surface area contributed by atoms with E-state index in [1.807, 2.05) is 18.2 Å². The predicted octanol–water partition coefficient (Wildman–Crippen LogP) is -0.0894. The maximum atomic E-state index is 5.85. The van der Waals surface area contributed by atoms with E-state index < -0.39 is 0 Å². The van der Waals surface area contributed by atoms with Crippen molar-refractivity contribution in [2.24, 2.45) is 11.6 Å². The summed E-state index contributed by atoms with van der Waals surface area (Å²) >= 11 is 0. The molecule has 4 heteroatoms. The molecule has 0 aromatic heterocycles. The summed E-state index contributed by atoms with van der Waals surface area (Å²) in [4.78, 5) is 0. The number of nitrogens with two attached hydrogens (primary N) is 2.